The average molecular weight is 295 g/mol. The Balaban J connectivity index is 2.99. The zero-order chi connectivity index (χ0) is 11.3. The van der Waals surface area contributed by atoms with Crippen molar-refractivity contribution in [1.29, 1.82) is 0 Å². The van der Waals surface area contributed by atoms with Crippen LogP contribution in [0.5, 0.6) is 0 Å². The molecule has 0 saturated carbocycles. The third kappa shape index (κ3) is 3.45. The van der Waals surface area contributed by atoms with Gasteiger partial charge in [0.2, 0.25) is 0 Å². The zero-order valence-corrected chi connectivity index (χ0v) is 10.9. The van der Waals surface area contributed by atoms with E-state index >= 15 is 0 Å². The summed E-state index contributed by atoms with van der Waals surface area (Å²) in [6, 6.07) is 5.15. The molecule has 0 spiro atoms. The molecule has 4 heteroatoms. The maximum absolute atomic E-state index is 12.7. The number of thioether (sulfide) groups is 1. The molecule has 0 aromatic heterocycles. The van der Waals surface area contributed by atoms with Gasteiger partial charge in [-0.1, -0.05) is 34.1 Å². The standard InChI is InChI=1S/C11H13BrF2S/c1-15-10-8(5-3-7-12)4-2-6-9(10)11(13)14/h2,4,6,11H,3,5,7H2,1H3. The van der Waals surface area contributed by atoms with Crippen molar-refractivity contribution in [1.82, 2.24) is 0 Å². The first-order valence-electron chi connectivity index (χ1n) is 4.70. The molecule has 0 aliphatic carbocycles. The predicted octanol–water partition coefficient (Wildman–Crippen LogP) is 4.67. The molecule has 0 nitrogen and oxygen atoms in total. The molecule has 0 fully saturated rings. The Labute approximate surface area is 102 Å². The number of benzene rings is 1. The van der Waals surface area contributed by atoms with Crippen molar-refractivity contribution in [3.63, 3.8) is 0 Å². The number of rotatable bonds is 5. The maximum atomic E-state index is 12.7. The molecule has 15 heavy (non-hydrogen) atoms. The Kier molecular flexibility index (Phi) is 5.61. The van der Waals surface area contributed by atoms with Crippen molar-refractivity contribution in [3.8, 4) is 0 Å². The number of alkyl halides is 3. The normalized spacial score (nSPS) is 11.0. The Bertz CT molecular complexity index is 315. The lowest BCUT2D eigenvalue weighted by Crippen LogP contribution is -1.95. The second-order valence-electron chi connectivity index (χ2n) is 3.13. The highest BCUT2D eigenvalue weighted by atomic mass is 79.9. The van der Waals surface area contributed by atoms with Crippen molar-refractivity contribution in [2.24, 2.45) is 0 Å². The molecule has 0 saturated heterocycles. The summed E-state index contributed by atoms with van der Waals surface area (Å²) in [5, 5.41) is 0.903. The van der Waals surface area contributed by atoms with E-state index in [0.29, 0.717) is 0 Å². The van der Waals surface area contributed by atoms with Gasteiger partial charge >= 0.3 is 0 Å². The van der Waals surface area contributed by atoms with Gasteiger partial charge in [-0.2, -0.15) is 0 Å². The Morgan fingerprint density at radius 1 is 1.40 bits per heavy atom. The molecule has 0 aliphatic heterocycles. The van der Waals surface area contributed by atoms with Crippen LogP contribution in [-0.4, -0.2) is 11.6 Å². The molecule has 84 valence electrons. The van der Waals surface area contributed by atoms with Gasteiger partial charge in [0.15, 0.2) is 0 Å². The van der Waals surface area contributed by atoms with Gasteiger partial charge in [-0.05, 0) is 24.7 Å². The van der Waals surface area contributed by atoms with E-state index in [-0.39, 0.29) is 5.56 Å². The van der Waals surface area contributed by atoms with Crippen molar-refractivity contribution < 1.29 is 8.78 Å². The Hall–Kier alpha value is -0.0900. The summed E-state index contributed by atoms with van der Waals surface area (Å²) in [6.07, 6.45) is 1.29. The van der Waals surface area contributed by atoms with Crippen molar-refractivity contribution in [3.05, 3.63) is 29.3 Å². The summed E-state index contributed by atoms with van der Waals surface area (Å²) in [7, 11) is 0. The van der Waals surface area contributed by atoms with E-state index in [0.717, 1.165) is 28.6 Å². The van der Waals surface area contributed by atoms with Gasteiger partial charge < -0.3 is 0 Å². The fraction of sp³-hybridized carbons (Fsp3) is 0.455. The summed E-state index contributed by atoms with van der Waals surface area (Å²) in [6.45, 7) is 0. The van der Waals surface area contributed by atoms with Gasteiger partial charge in [-0.3, -0.25) is 0 Å². The molecular formula is C11H13BrF2S. The summed E-state index contributed by atoms with van der Waals surface area (Å²) in [5.74, 6) is 0. The van der Waals surface area contributed by atoms with E-state index < -0.39 is 6.43 Å². The number of hydrogen-bond donors (Lipinski definition) is 0. The topological polar surface area (TPSA) is 0 Å². The maximum Gasteiger partial charge on any atom is 0.264 e. The van der Waals surface area contributed by atoms with Gasteiger partial charge in [-0.15, -0.1) is 11.8 Å². The first-order chi connectivity index (χ1) is 7.20. The molecule has 0 atom stereocenters. The smallest absolute Gasteiger partial charge is 0.205 e. The summed E-state index contributed by atoms with van der Waals surface area (Å²) in [5.41, 5.74) is 1.19. The van der Waals surface area contributed by atoms with Crippen LogP contribution in [0.25, 0.3) is 0 Å². The van der Waals surface area contributed by atoms with E-state index in [4.69, 9.17) is 0 Å². The van der Waals surface area contributed by atoms with Crippen LogP contribution < -0.4 is 0 Å². The van der Waals surface area contributed by atoms with Gasteiger partial charge in [0.1, 0.15) is 0 Å². The number of halogens is 3. The number of aryl methyl sites for hydroxylation is 1. The quantitative estimate of drug-likeness (QED) is 0.561. The molecule has 0 unspecified atom stereocenters. The largest absolute Gasteiger partial charge is 0.264 e. The average Bonchev–Trinajstić information content (AvgIpc) is 2.25. The lowest BCUT2D eigenvalue weighted by atomic mass is 10.1. The Morgan fingerprint density at radius 3 is 2.67 bits per heavy atom. The van der Waals surface area contributed by atoms with Crippen LogP contribution >= 0.6 is 27.7 Å². The molecule has 1 aromatic carbocycles. The van der Waals surface area contributed by atoms with Gasteiger partial charge in [0, 0.05) is 15.8 Å². The van der Waals surface area contributed by atoms with Gasteiger partial charge in [0.05, 0.1) is 0 Å². The van der Waals surface area contributed by atoms with E-state index in [1.807, 2.05) is 12.3 Å². The van der Waals surface area contributed by atoms with Gasteiger partial charge in [-0.25, -0.2) is 8.78 Å². The van der Waals surface area contributed by atoms with Crippen molar-refractivity contribution in [2.75, 3.05) is 11.6 Å². The molecular weight excluding hydrogens is 282 g/mol. The van der Waals surface area contributed by atoms with Crippen LogP contribution in [0.1, 0.15) is 24.0 Å². The molecule has 0 aliphatic rings. The van der Waals surface area contributed by atoms with Gasteiger partial charge in [0.25, 0.3) is 6.43 Å². The lowest BCUT2D eigenvalue weighted by Gasteiger charge is -2.11. The second kappa shape index (κ2) is 6.48. The highest BCUT2D eigenvalue weighted by molar-refractivity contribution is 9.09. The molecule has 0 heterocycles. The zero-order valence-electron chi connectivity index (χ0n) is 8.47. The monoisotopic (exact) mass is 294 g/mol. The minimum atomic E-state index is -2.38. The van der Waals surface area contributed by atoms with Crippen LogP contribution in [0.15, 0.2) is 23.1 Å². The highest BCUT2D eigenvalue weighted by Crippen LogP contribution is 2.32. The fourth-order valence-corrected chi connectivity index (χ4v) is 2.59. The third-order valence-electron chi connectivity index (χ3n) is 2.15. The summed E-state index contributed by atoms with van der Waals surface area (Å²) >= 11 is 4.75. The van der Waals surface area contributed by atoms with E-state index in [1.54, 1.807) is 6.07 Å². The highest BCUT2D eigenvalue weighted by Gasteiger charge is 2.14. The SMILES string of the molecule is CSc1c(CCCBr)cccc1C(F)F. The predicted molar refractivity (Wildman–Crippen MR) is 65.3 cm³/mol. The second-order valence-corrected chi connectivity index (χ2v) is 4.74. The van der Waals surface area contributed by atoms with Crippen LogP contribution in [0.3, 0.4) is 0 Å². The molecule has 0 amide bonds. The molecule has 0 radical (unpaired) electrons. The van der Waals surface area contributed by atoms with Crippen LogP contribution in [0, 0.1) is 0 Å². The number of hydrogen-bond acceptors (Lipinski definition) is 1. The van der Waals surface area contributed by atoms with E-state index in [9.17, 15) is 8.78 Å². The first kappa shape index (κ1) is 13.0. The Morgan fingerprint density at radius 2 is 2.13 bits per heavy atom. The van der Waals surface area contributed by atoms with Crippen molar-refractivity contribution >= 4 is 27.7 Å². The fourth-order valence-electron chi connectivity index (χ4n) is 1.48. The molecule has 0 N–H and O–H groups in total. The van der Waals surface area contributed by atoms with Crippen LogP contribution in [0.2, 0.25) is 0 Å². The first-order valence-corrected chi connectivity index (χ1v) is 7.05. The van der Waals surface area contributed by atoms with Crippen molar-refractivity contribution in [2.45, 2.75) is 24.2 Å². The third-order valence-corrected chi connectivity index (χ3v) is 3.61. The summed E-state index contributed by atoms with van der Waals surface area (Å²) < 4.78 is 25.4. The minimum Gasteiger partial charge on any atom is -0.205 e. The minimum absolute atomic E-state index is 0.162. The summed E-state index contributed by atoms with van der Waals surface area (Å²) in [4.78, 5) is 0.744. The van der Waals surface area contributed by atoms with E-state index in [2.05, 4.69) is 15.9 Å². The lowest BCUT2D eigenvalue weighted by molar-refractivity contribution is 0.148. The van der Waals surface area contributed by atoms with Crippen LogP contribution in [-0.2, 0) is 6.42 Å². The van der Waals surface area contributed by atoms with E-state index in [1.165, 1.54) is 17.8 Å². The molecule has 1 rings (SSSR count). The van der Waals surface area contributed by atoms with Crippen LogP contribution in [0.4, 0.5) is 8.78 Å². The molecule has 0 bridgehead atoms. The molecule has 1 aromatic rings.